The Hall–Kier alpha value is -0.650. The molecule has 0 spiro atoms. The quantitative estimate of drug-likeness (QED) is 0.639. The van der Waals surface area contributed by atoms with E-state index in [1.165, 1.54) is 0 Å². The molecule has 0 heterocycles. The van der Waals surface area contributed by atoms with Gasteiger partial charge in [-0.2, -0.15) is 0 Å². The molecule has 100 valence electrons. The van der Waals surface area contributed by atoms with Crippen LogP contribution >= 0.6 is 0 Å². The second kappa shape index (κ2) is 7.63. The first-order valence-electron chi connectivity index (χ1n) is 6.26. The Kier molecular flexibility index (Phi) is 6.47. The molecule has 0 aromatic rings. The third kappa shape index (κ3) is 4.26. The highest BCUT2D eigenvalue weighted by molar-refractivity contribution is 5.69. The lowest BCUT2D eigenvalue weighted by Gasteiger charge is -2.43. The molecule has 1 aliphatic carbocycles. The summed E-state index contributed by atoms with van der Waals surface area (Å²) in [6, 6.07) is 0.283. The van der Waals surface area contributed by atoms with E-state index in [2.05, 4.69) is 5.32 Å². The van der Waals surface area contributed by atoms with Crippen molar-refractivity contribution in [2.45, 2.75) is 44.9 Å². The molecule has 1 fully saturated rings. The molecule has 0 radical (unpaired) electrons. The predicted octanol–water partition coefficient (Wildman–Crippen LogP) is 0.722. The van der Waals surface area contributed by atoms with Gasteiger partial charge in [0.2, 0.25) is 0 Å². The van der Waals surface area contributed by atoms with Gasteiger partial charge in [-0.15, -0.1) is 0 Å². The maximum absolute atomic E-state index is 11.1. The summed E-state index contributed by atoms with van der Waals surface area (Å²) < 4.78 is 15.7. The van der Waals surface area contributed by atoms with Crippen LogP contribution in [0.4, 0.5) is 0 Å². The largest absolute Gasteiger partial charge is 0.466 e. The second-order valence-electron chi connectivity index (χ2n) is 4.05. The summed E-state index contributed by atoms with van der Waals surface area (Å²) in [5.41, 5.74) is 0. The maximum Gasteiger partial charge on any atom is 0.307 e. The molecular weight excluding hydrogens is 222 g/mol. The van der Waals surface area contributed by atoms with E-state index in [0.29, 0.717) is 26.2 Å². The molecule has 0 aromatic heterocycles. The molecule has 5 heteroatoms. The van der Waals surface area contributed by atoms with Gasteiger partial charge in [-0.1, -0.05) is 0 Å². The van der Waals surface area contributed by atoms with E-state index in [9.17, 15) is 4.79 Å². The average molecular weight is 245 g/mol. The van der Waals surface area contributed by atoms with E-state index in [1.54, 1.807) is 7.11 Å². The minimum absolute atomic E-state index is 0.0946. The third-order valence-corrected chi connectivity index (χ3v) is 2.94. The Balaban J connectivity index is 2.14. The Morgan fingerprint density at radius 3 is 2.71 bits per heavy atom. The number of hydrogen-bond acceptors (Lipinski definition) is 5. The van der Waals surface area contributed by atoms with Gasteiger partial charge < -0.3 is 19.5 Å². The van der Waals surface area contributed by atoms with Crippen LogP contribution < -0.4 is 5.32 Å². The van der Waals surface area contributed by atoms with Gasteiger partial charge in [0.05, 0.1) is 25.2 Å². The van der Waals surface area contributed by atoms with Gasteiger partial charge in [0.1, 0.15) is 0 Å². The van der Waals surface area contributed by atoms with Crippen LogP contribution in [0.3, 0.4) is 0 Å². The number of ether oxygens (including phenoxy) is 3. The first kappa shape index (κ1) is 14.4. The van der Waals surface area contributed by atoms with Crippen molar-refractivity contribution in [3.05, 3.63) is 0 Å². The minimum Gasteiger partial charge on any atom is -0.466 e. The van der Waals surface area contributed by atoms with Crippen molar-refractivity contribution in [2.75, 3.05) is 26.9 Å². The van der Waals surface area contributed by atoms with Crippen molar-refractivity contribution in [1.29, 1.82) is 0 Å². The first-order valence-corrected chi connectivity index (χ1v) is 6.26. The van der Waals surface area contributed by atoms with Gasteiger partial charge in [-0.25, -0.2) is 0 Å². The van der Waals surface area contributed by atoms with Crippen LogP contribution in [0.25, 0.3) is 0 Å². The lowest BCUT2D eigenvalue weighted by molar-refractivity contribution is -0.144. The van der Waals surface area contributed by atoms with Crippen LogP contribution in [0.5, 0.6) is 0 Å². The number of nitrogens with one attached hydrogen (secondary N) is 1. The van der Waals surface area contributed by atoms with Crippen molar-refractivity contribution in [2.24, 2.45) is 0 Å². The van der Waals surface area contributed by atoms with Crippen molar-refractivity contribution in [3.8, 4) is 0 Å². The summed E-state index contributed by atoms with van der Waals surface area (Å²) in [5.74, 6) is -0.158. The Labute approximate surface area is 103 Å². The number of carbonyl (C=O) groups excluding carboxylic acids is 1. The summed E-state index contributed by atoms with van der Waals surface area (Å²) >= 11 is 0. The standard InChI is InChI=1S/C12H23NO4/c1-4-16-10-8-9(12(10)15-3)13-7-6-11(14)17-5-2/h9-10,12-13H,4-8H2,1-3H3. The van der Waals surface area contributed by atoms with Gasteiger partial charge in [-0.05, 0) is 20.3 Å². The molecule has 0 bridgehead atoms. The van der Waals surface area contributed by atoms with E-state index < -0.39 is 0 Å². The molecule has 1 aliphatic rings. The molecule has 1 rings (SSSR count). The fourth-order valence-electron chi connectivity index (χ4n) is 2.07. The Morgan fingerprint density at radius 2 is 2.12 bits per heavy atom. The second-order valence-corrected chi connectivity index (χ2v) is 4.05. The van der Waals surface area contributed by atoms with Crippen molar-refractivity contribution >= 4 is 5.97 Å². The average Bonchev–Trinajstić information content (AvgIpc) is 2.27. The van der Waals surface area contributed by atoms with Gasteiger partial charge in [-0.3, -0.25) is 4.79 Å². The number of methoxy groups -OCH3 is 1. The predicted molar refractivity (Wildman–Crippen MR) is 63.9 cm³/mol. The van der Waals surface area contributed by atoms with Crippen LogP contribution in [0.2, 0.25) is 0 Å². The van der Waals surface area contributed by atoms with Crippen LogP contribution in [-0.4, -0.2) is 51.1 Å². The van der Waals surface area contributed by atoms with Crippen LogP contribution in [0.15, 0.2) is 0 Å². The number of rotatable bonds is 8. The molecule has 0 saturated heterocycles. The number of carbonyl (C=O) groups is 1. The van der Waals surface area contributed by atoms with Crippen molar-refractivity contribution in [3.63, 3.8) is 0 Å². The van der Waals surface area contributed by atoms with E-state index in [-0.39, 0.29) is 24.2 Å². The summed E-state index contributed by atoms with van der Waals surface area (Å²) in [7, 11) is 1.69. The molecule has 17 heavy (non-hydrogen) atoms. The summed E-state index contributed by atoms with van der Waals surface area (Å²) in [4.78, 5) is 11.1. The number of esters is 1. The highest BCUT2D eigenvalue weighted by atomic mass is 16.5. The van der Waals surface area contributed by atoms with Crippen LogP contribution in [0.1, 0.15) is 26.7 Å². The maximum atomic E-state index is 11.1. The Morgan fingerprint density at radius 1 is 1.35 bits per heavy atom. The normalized spacial score (nSPS) is 27.6. The van der Waals surface area contributed by atoms with E-state index >= 15 is 0 Å². The molecule has 0 aromatic carbocycles. The smallest absolute Gasteiger partial charge is 0.307 e. The monoisotopic (exact) mass is 245 g/mol. The fraction of sp³-hybridized carbons (Fsp3) is 0.917. The molecule has 1 saturated carbocycles. The van der Waals surface area contributed by atoms with E-state index in [1.807, 2.05) is 13.8 Å². The zero-order valence-electron chi connectivity index (χ0n) is 10.9. The first-order chi connectivity index (χ1) is 8.22. The van der Waals surface area contributed by atoms with Gasteiger partial charge >= 0.3 is 5.97 Å². The van der Waals surface area contributed by atoms with Crippen LogP contribution in [-0.2, 0) is 19.0 Å². The molecule has 1 N–H and O–H groups in total. The molecule has 3 atom stereocenters. The molecular formula is C12H23NO4. The van der Waals surface area contributed by atoms with Crippen molar-refractivity contribution in [1.82, 2.24) is 5.32 Å². The minimum atomic E-state index is -0.158. The molecule has 3 unspecified atom stereocenters. The fourth-order valence-corrected chi connectivity index (χ4v) is 2.07. The van der Waals surface area contributed by atoms with Gasteiger partial charge in [0.25, 0.3) is 0 Å². The summed E-state index contributed by atoms with van der Waals surface area (Å²) in [6.07, 6.45) is 1.62. The SMILES string of the molecule is CCOC(=O)CCNC1CC(OCC)C1OC. The van der Waals surface area contributed by atoms with E-state index in [4.69, 9.17) is 14.2 Å². The van der Waals surface area contributed by atoms with Gasteiger partial charge in [0, 0.05) is 26.3 Å². The lowest BCUT2D eigenvalue weighted by Crippen LogP contribution is -2.60. The zero-order chi connectivity index (χ0) is 12.7. The summed E-state index contributed by atoms with van der Waals surface area (Å²) in [5, 5.41) is 3.29. The third-order valence-electron chi connectivity index (χ3n) is 2.94. The highest BCUT2D eigenvalue weighted by Crippen LogP contribution is 2.26. The topological polar surface area (TPSA) is 56.8 Å². The molecule has 5 nitrogen and oxygen atoms in total. The molecule has 0 aliphatic heterocycles. The van der Waals surface area contributed by atoms with Gasteiger partial charge in [0.15, 0.2) is 0 Å². The highest BCUT2D eigenvalue weighted by Gasteiger charge is 2.41. The van der Waals surface area contributed by atoms with Crippen molar-refractivity contribution < 1.29 is 19.0 Å². The summed E-state index contributed by atoms with van der Waals surface area (Å²) in [6.45, 7) is 5.57. The number of hydrogen-bond donors (Lipinski definition) is 1. The van der Waals surface area contributed by atoms with E-state index in [0.717, 1.165) is 6.42 Å². The van der Waals surface area contributed by atoms with Crippen LogP contribution in [0, 0.1) is 0 Å². The Bertz CT molecular complexity index is 235. The zero-order valence-corrected chi connectivity index (χ0v) is 10.9. The molecule has 0 amide bonds. The lowest BCUT2D eigenvalue weighted by atomic mass is 9.85.